The van der Waals surface area contributed by atoms with Crippen molar-refractivity contribution in [3.63, 3.8) is 0 Å². The molecule has 0 spiro atoms. The molecule has 2 heterocycles. The molecular weight excluding hydrogens is 216 g/mol. The summed E-state index contributed by atoms with van der Waals surface area (Å²) >= 11 is 0. The first-order valence-electron chi connectivity index (χ1n) is 6.87. The highest BCUT2D eigenvalue weighted by Crippen LogP contribution is 2.18. The number of hydrogen-bond acceptors (Lipinski definition) is 3. The van der Waals surface area contributed by atoms with E-state index >= 15 is 0 Å². The first-order valence-corrected chi connectivity index (χ1v) is 6.87. The monoisotopic (exact) mass is 240 g/mol. The van der Waals surface area contributed by atoms with Gasteiger partial charge in [-0.1, -0.05) is 6.92 Å². The molecule has 0 aromatic heterocycles. The normalized spacial score (nSPS) is 27.1. The molecule has 98 valence electrons. The molecule has 1 unspecified atom stereocenters. The fraction of sp³-hybridized carbons (Fsp3) is 0.923. The van der Waals surface area contributed by atoms with Crippen LogP contribution in [0, 0.1) is 5.92 Å². The van der Waals surface area contributed by atoms with Gasteiger partial charge in [0.2, 0.25) is 5.91 Å². The Morgan fingerprint density at radius 3 is 2.65 bits per heavy atom. The maximum Gasteiger partial charge on any atom is 0.223 e. The zero-order valence-corrected chi connectivity index (χ0v) is 10.9. The minimum absolute atomic E-state index is 0.330. The van der Waals surface area contributed by atoms with Crippen LogP contribution in [-0.2, 0) is 9.53 Å². The molecule has 0 N–H and O–H groups in total. The summed E-state index contributed by atoms with van der Waals surface area (Å²) in [4.78, 5) is 16.5. The van der Waals surface area contributed by atoms with Crippen molar-refractivity contribution < 1.29 is 9.53 Å². The van der Waals surface area contributed by atoms with Crippen LogP contribution in [0.4, 0.5) is 0 Å². The van der Waals surface area contributed by atoms with E-state index in [-0.39, 0.29) is 0 Å². The number of likely N-dealkylation sites (N-methyl/N-ethyl adjacent to an activating group) is 1. The number of amides is 1. The number of piperazine rings is 1. The SMILES string of the molecule is CCN1CCN(C(=O)CC2CCCOC2)CC1. The third-order valence-electron chi connectivity index (χ3n) is 3.89. The zero-order chi connectivity index (χ0) is 12.1. The second-order valence-corrected chi connectivity index (χ2v) is 5.10. The van der Waals surface area contributed by atoms with Crippen LogP contribution in [0.2, 0.25) is 0 Å². The summed E-state index contributed by atoms with van der Waals surface area (Å²) in [6.45, 7) is 8.79. The van der Waals surface area contributed by atoms with Gasteiger partial charge in [-0.05, 0) is 25.3 Å². The lowest BCUT2D eigenvalue weighted by Crippen LogP contribution is -2.49. The van der Waals surface area contributed by atoms with Crippen LogP contribution in [0.25, 0.3) is 0 Å². The second kappa shape index (κ2) is 6.36. The Hall–Kier alpha value is -0.610. The summed E-state index contributed by atoms with van der Waals surface area (Å²) in [7, 11) is 0. The van der Waals surface area contributed by atoms with Crippen molar-refractivity contribution in [1.82, 2.24) is 9.80 Å². The fourth-order valence-corrected chi connectivity index (χ4v) is 2.66. The Morgan fingerprint density at radius 2 is 2.06 bits per heavy atom. The first kappa shape index (κ1) is 12.8. The molecule has 4 heteroatoms. The number of rotatable bonds is 3. The molecular formula is C13H24N2O2. The molecule has 2 saturated heterocycles. The molecule has 0 aromatic rings. The van der Waals surface area contributed by atoms with E-state index in [1.165, 1.54) is 0 Å². The van der Waals surface area contributed by atoms with Gasteiger partial charge in [-0.3, -0.25) is 4.79 Å². The number of hydrogen-bond donors (Lipinski definition) is 0. The topological polar surface area (TPSA) is 32.8 Å². The lowest BCUT2D eigenvalue weighted by Gasteiger charge is -2.35. The Bertz CT molecular complexity index is 244. The van der Waals surface area contributed by atoms with E-state index in [0.717, 1.165) is 58.8 Å². The van der Waals surface area contributed by atoms with E-state index < -0.39 is 0 Å². The van der Waals surface area contributed by atoms with E-state index in [9.17, 15) is 4.79 Å². The lowest BCUT2D eigenvalue weighted by atomic mass is 9.98. The molecule has 0 radical (unpaired) electrons. The van der Waals surface area contributed by atoms with Crippen molar-refractivity contribution in [2.45, 2.75) is 26.2 Å². The third kappa shape index (κ3) is 3.68. The predicted octanol–water partition coefficient (Wildman–Crippen LogP) is 0.967. The fourth-order valence-electron chi connectivity index (χ4n) is 2.66. The maximum atomic E-state index is 12.1. The summed E-state index contributed by atoms with van der Waals surface area (Å²) < 4.78 is 5.43. The molecule has 1 amide bonds. The van der Waals surface area contributed by atoms with Crippen LogP contribution < -0.4 is 0 Å². The van der Waals surface area contributed by atoms with E-state index in [4.69, 9.17) is 4.74 Å². The van der Waals surface area contributed by atoms with Gasteiger partial charge in [0.25, 0.3) is 0 Å². The van der Waals surface area contributed by atoms with E-state index in [1.807, 2.05) is 4.90 Å². The van der Waals surface area contributed by atoms with Crippen LogP contribution in [-0.4, -0.2) is 61.6 Å². The molecule has 0 aliphatic carbocycles. The molecule has 1 atom stereocenters. The highest BCUT2D eigenvalue weighted by atomic mass is 16.5. The standard InChI is InChI=1S/C13H24N2O2/c1-2-14-5-7-15(8-6-14)13(16)10-12-4-3-9-17-11-12/h12H,2-11H2,1H3. The summed E-state index contributed by atoms with van der Waals surface area (Å²) in [5.41, 5.74) is 0. The summed E-state index contributed by atoms with van der Waals surface area (Å²) in [6, 6.07) is 0. The van der Waals surface area contributed by atoms with Crippen LogP contribution in [0.3, 0.4) is 0 Å². The van der Waals surface area contributed by atoms with Crippen LogP contribution in [0.15, 0.2) is 0 Å². The van der Waals surface area contributed by atoms with E-state index in [0.29, 0.717) is 18.2 Å². The van der Waals surface area contributed by atoms with Crippen molar-refractivity contribution >= 4 is 5.91 Å². The Morgan fingerprint density at radius 1 is 1.29 bits per heavy atom. The second-order valence-electron chi connectivity index (χ2n) is 5.10. The van der Waals surface area contributed by atoms with Crippen molar-refractivity contribution in [3.05, 3.63) is 0 Å². The van der Waals surface area contributed by atoms with Gasteiger partial charge >= 0.3 is 0 Å². The average Bonchev–Trinajstić information content (AvgIpc) is 2.40. The number of nitrogens with zero attached hydrogens (tertiary/aromatic N) is 2. The third-order valence-corrected chi connectivity index (χ3v) is 3.89. The highest BCUT2D eigenvalue weighted by molar-refractivity contribution is 5.76. The lowest BCUT2D eigenvalue weighted by molar-refractivity contribution is -0.135. The summed E-state index contributed by atoms with van der Waals surface area (Å²) in [5, 5.41) is 0. The Balaban J connectivity index is 1.72. The van der Waals surface area contributed by atoms with Gasteiger partial charge in [-0.15, -0.1) is 0 Å². The van der Waals surface area contributed by atoms with Crippen LogP contribution >= 0.6 is 0 Å². The van der Waals surface area contributed by atoms with Gasteiger partial charge in [0.1, 0.15) is 0 Å². The first-order chi connectivity index (χ1) is 8.29. The minimum atomic E-state index is 0.330. The van der Waals surface area contributed by atoms with Crippen LogP contribution in [0.1, 0.15) is 26.2 Å². The highest BCUT2D eigenvalue weighted by Gasteiger charge is 2.24. The van der Waals surface area contributed by atoms with E-state index in [2.05, 4.69) is 11.8 Å². The van der Waals surface area contributed by atoms with Crippen molar-refractivity contribution in [3.8, 4) is 0 Å². The minimum Gasteiger partial charge on any atom is -0.381 e. The molecule has 2 fully saturated rings. The van der Waals surface area contributed by atoms with Gasteiger partial charge in [0.15, 0.2) is 0 Å². The van der Waals surface area contributed by atoms with Gasteiger partial charge in [0.05, 0.1) is 0 Å². The summed E-state index contributed by atoms with van der Waals surface area (Å²) in [6.07, 6.45) is 2.95. The molecule has 0 bridgehead atoms. The number of ether oxygens (including phenoxy) is 1. The average molecular weight is 240 g/mol. The maximum absolute atomic E-state index is 12.1. The quantitative estimate of drug-likeness (QED) is 0.737. The molecule has 2 aliphatic heterocycles. The molecule has 4 nitrogen and oxygen atoms in total. The van der Waals surface area contributed by atoms with Gasteiger partial charge in [-0.2, -0.15) is 0 Å². The van der Waals surface area contributed by atoms with E-state index in [1.54, 1.807) is 0 Å². The van der Waals surface area contributed by atoms with Gasteiger partial charge in [0, 0.05) is 45.8 Å². The van der Waals surface area contributed by atoms with Crippen LogP contribution in [0.5, 0.6) is 0 Å². The Kier molecular flexibility index (Phi) is 4.80. The van der Waals surface area contributed by atoms with Crippen molar-refractivity contribution in [2.75, 3.05) is 45.9 Å². The van der Waals surface area contributed by atoms with Crippen molar-refractivity contribution in [1.29, 1.82) is 0 Å². The predicted molar refractivity (Wildman–Crippen MR) is 66.9 cm³/mol. The zero-order valence-electron chi connectivity index (χ0n) is 10.9. The molecule has 2 rings (SSSR count). The smallest absolute Gasteiger partial charge is 0.223 e. The van der Waals surface area contributed by atoms with Gasteiger partial charge in [-0.25, -0.2) is 0 Å². The van der Waals surface area contributed by atoms with Crippen molar-refractivity contribution in [2.24, 2.45) is 5.92 Å². The van der Waals surface area contributed by atoms with Gasteiger partial charge < -0.3 is 14.5 Å². The Labute approximate surface area is 104 Å². The summed E-state index contributed by atoms with van der Waals surface area (Å²) in [5.74, 6) is 0.789. The molecule has 2 aliphatic rings. The molecule has 0 saturated carbocycles. The molecule has 0 aromatic carbocycles. The number of carbonyl (C=O) groups is 1. The number of carbonyl (C=O) groups excluding carboxylic acids is 1. The largest absolute Gasteiger partial charge is 0.381 e. The molecule has 17 heavy (non-hydrogen) atoms.